The van der Waals surface area contributed by atoms with Crippen LogP contribution in [0.3, 0.4) is 0 Å². The summed E-state index contributed by atoms with van der Waals surface area (Å²) in [5, 5.41) is 0. The number of ether oxygens (including phenoxy) is 3. The number of carbonyl (C=O) groups is 3. The number of hydrogen-bond acceptors (Lipinski definition) is 6. The molecule has 0 saturated carbocycles. The van der Waals surface area contributed by atoms with E-state index in [0.29, 0.717) is 19.3 Å². The Kier molecular flexibility index (Phi) is 37.0. The average molecular weight is 723 g/mol. The molecule has 0 aromatic heterocycles. The molecule has 2 atom stereocenters. The molecule has 6 nitrogen and oxygen atoms in total. The molecule has 0 amide bonds. The quantitative estimate of drug-likeness (QED) is 0.0357. The lowest BCUT2D eigenvalue weighted by molar-refractivity contribution is -0.167. The Morgan fingerprint density at radius 2 is 0.745 bits per heavy atom. The highest BCUT2D eigenvalue weighted by Crippen LogP contribution is 2.17. The summed E-state index contributed by atoms with van der Waals surface area (Å²) in [4.78, 5) is 37.4. The minimum Gasteiger partial charge on any atom is -0.462 e. The van der Waals surface area contributed by atoms with Crippen LogP contribution in [-0.2, 0) is 28.6 Å². The Morgan fingerprint density at radius 3 is 1.12 bits per heavy atom. The molecule has 0 bridgehead atoms. The molecule has 0 fully saturated rings. The van der Waals surface area contributed by atoms with Crippen LogP contribution in [0.2, 0.25) is 0 Å². The molecule has 0 N–H and O–H groups in total. The summed E-state index contributed by atoms with van der Waals surface area (Å²) in [6, 6.07) is 0. The number of hydrogen-bond donors (Lipinski definition) is 0. The lowest BCUT2D eigenvalue weighted by Gasteiger charge is -2.18. The second-order valence-electron chi connectivity index (χ2n) is 16.1. The Hall–Kier alpha value is -1.59. The third kappa shape index (κ3) is 38.0. The Labute approximate surface area is 317 Å². The first-order valence-electron chi connectivity index (χ1n) is 22.3. The third-order valence-electron chi connectivity index (χ3n) is 10.3. The van der Waals surface area contributed by atoms with Gasteiger partial charge in [-0.25, -0.2) is 0 Å². The molecule has 0 aliphatic carbocycles. The second-order valence-corrected chi connectivity index (χ2v) is 16.1. The van der Waals surface area contributed by atoms with Gasteiger partial charge in [-0.3, -0.25) is 14.4 Å². The molecule has 302 valence electrons. The van der Waals surface area contributed by atoms with Crippen LogP contribution >= 0.6 is 0 Å². The van der Waals surface area contributed by atoms with E-state index in [4.69, 9.17) is 14.2 Å². The van der Waals surface area contributed by atoms with Crippen LogP contribution in [0.15, 0.2) is 0 Å². The zero-order valence-corrected chi connectivity index (χ0v) is 34.7. The fraction of sp³-hybridized carbons (Fsp3) is 0.933. The molecule has 0 rings (SSSR count). The van der Waals surface area contributed by atoms with E-state index in [1.165, 1.54) is 122 Å². The first kappa shape index (κ1) is 49.4. The third-order valence-corrected chi connectivity index (χ3v) is 10.3. The van der Waals surface area contributed by atoms with E-state index in [1.54, 1.807) is 0 Å². The Bertz CT molecular complexity index is 781. The van der Waals surface area contributed by atoms with Crippen molar-refractivity contribution in [1.82, 2.24) is 0 Å². The molecule has 51 heavy (non-hydrogen) atoms. The van der Waals surface area contributed by atoms with Gasteiger partial charge >= 0.3 is 17.9 Å². The maximum absolute atomic E-state index is 12.7. The van der Waals surface area contributed by atoms with Crippen LogP contribution < -0.4 is 0 Å². The predicted molar refractivity (Wildman–Crippen MR) is 215 cm³/mol. The van der Waals surface area contributed by atoms with Crippen molar-refractivity contribution < 1.29 is 28.6 Å². The van der Waals surface area contributed by atoms with E-state index in [1.807, 2.05) is 0 Å². The number of carbonyl (C=O) groups excluding carboxylic acids is 3. The van der Waals surface area contributed by atoms with Gasteiger partial charge < -0.3 is 14.2 Å². The maximum Gasteiger partial charge on any atom is 0.306 e. The summed E-state index contributed by atoms with van der Waals surface area (Å²) in [5.41, 5.74) is 0. The van der Waals surface area contributed by atoms with E-state index in [9.17, 15) is 14.4 Å². The predicted octanol–water partition coefficient (Wildman–Crippen LogP) is 13.8. The van der Waals surface area contributed by atoms with Gasteiger partial charge in [0.25, 0.3) is 0 Å². The van der Waals surface area contributed by atoms with Crippen molar-refractivity contribution in [2.24, 2.45) is 11.8 Å². The van der Waals surface area contributed by atoms with Crippen molar-refractivity contribution in [1.29, 1.82) is 0 Å². The normalized spacial score (nSPS) is 12.6. The van der Waals surface area contributed by atoms with Crippen LogP contribution in [0, 0.1) is 11.8 Å². The zero-order valence-electron chi connectivity index (χ0n) is 34.7. The Morgan fingerprint density at radius 1 is 0.412 bits per heavy atom. The number of rotatable bonds is 39. The number of esters is 3. The minimum absolute atomic E-state index is 0.0660. The molecular formula is C45H86O6. The van der Waals surface area contributed by atoms with Gasteiger partial charge in [0.05, 0.1) is 0 Å². The van der Waals surface area contributed by atoms with Gasteiger partial charge in [-0.05, 0) is 31.1 Å². The summed E-state index contributed by atoms with van der Waals surface area (Å²) in [7, 11) is 0. The molecule has 0 aliphatic heterocycles. The van der Waals surface area contributed by atoms with Gasteiger partial charge in [-0.2, -0.15) is 0 Å². The minimum atomic E-state index is -0.758. The van der Waals surface area contributed by atoms with Crippen LogP contribution in [0.5, 0.6) is 0 Å². The molecule has 0 aliphatic rings. The highest BCUT2D eigenvalue weighted by Gasteiger charge is 2.19. The summed E-state index contributed by atoms with van der Waals surface area (Å²) >= 11 is 0. The van der Waals surface area contributed by atoms with Gasteiger partial charge in [-0.1, -0.05) is 202 Å². The highest BCUT2D eigenvalue weighted by atomic mass is 16.6. The summed E-state index contributed by atoms with van der Waals surface area (Å²) in [5.74, 6) is 0.822. The molecule has 1 unspecified atom stereocenters. The molecule has 0 aromatic rings. The van der Waals surface area contributed by atoms with Crippen molar-refractivity contribution in [3.8, 4) is 0 Å². The highest BCUT2D eigenvalue weighted by molar-refractivity contribution is 5.71. The molecule has 0 heterocycles. The fourth-order valence-electron chi connectivity index (χ4n) is 6.54. The van der Waals surface area contributed by atoms with Gasteiger partial charge in [-0.15, -0.1) is 0 Å². The maximum atomic E-state index is 12.7. The van der Waals surface area contributed by atoms with E-state index >= 15 is 0 Å². The molecular weight excluding hydrogens is 636 g/mol. The van der Waals surface area contributed by atoms with Crippen molar-refractivity contribution >= 4 is 17.9 Å². The van der Waals surface area contributed by atoms with Crippen LogP contribution in [0.25, 0.3) is 0 Å². The van der Waals surface area contributed by atoms with Crippen LogP contribution in [0.4, 0.5) is 0 Å². The summed E-state index contributed by atoms with van der Waals surface area (Å²) in [6.07, 6.45) is 35.4. The van der Waals surface area contributed by atoms with E-state index < -0.39 is 6.10 Å². The van der Waals surface area contributed by atoms with Crippen molar-refractivity contribution in [3.63, 3.8) is 0 Å². The first-order valence-corrected chi connectivity index (χ1v) is 22.3. The van der Waals surface area contributed by atoms with Crippen molar-refractivity contribution in [2.45, 2.75) is 246 Å². The molecule has 0 saturated heterocycles. The second kappa shape index (κ2) is 38.1. The molecule has 6 heteroatoms. The fourth-order valence-corrected chi connectivity index (χ4v) is 6.54. The molecule has 0 radical (unpaired) electrons. The SMILES string of the molecule is CCCCCCCC(=O)OC[C@H](COC(=O)CCCCCCCCCCCCC(C)CC)OC(=O)CCCCCCCCCCCCCC(C)C. The Balaban J connectivity index is 4.21. The van der Waals surface area contributed by atoms with Gasteiger partial charge in [0.2, 0.25) is 0 Å². The van der Waals surface area contributed by atoms with Crippen LogP contribution in [0.1, 0.15) is 240 Å². The standard InChI is InChI=1S/C45H86O6/c1-6-8-9-23-30-35-43(46)49-38-42(51-45(48)37-32-27-22-18-12-10-11-15-19-24-28-33-40(3)4)39-50-44(47)36-31-26-21-17-14-13-16-20-25-29-34-41(5)7-2/h40-42H,6-39H2,1-5H3/t41?,42-/m1/s1. The molecule has 0 spiro atoms. The van der Waals surface area contributed by atoms with Gasteiger partial charge in [0.15, 0.2) is 6.10 Å². The van der Waals surface area contributed by atoms with E-state index in [2.05, 4.69) is 34.6 Å². The lowest BCUT2D eigenvalue weighted by Crippen LogP contribution is -2.30. The van der Waals surface area contributed by atoms with Crippen molar-refractivity contribution in [3.05, 3.63) is 0 Å². The summed E-state index contributed by atoms with van der Waals surface area (Å²) < 4.78 is 16.6. The summed E-state index contributed by atoms with van der Waals surface area (Å²) in [6.45, 7) is 11.3. The van der Waals surface area contributed by atoms with Gasteiger partial charge in [0, 0.05) is 19.3 Å². The van der Waals surface area contributed by atoms with Gasteiger partial charge in [0.1, 0.15) is 13.2 Å². The van der Waals surface area contributed by atoms with Crippen LogP contribution in [-0.4, -0.2) is 37.2 Å². The lowest BCUT2D eigenvalue weighted by atomic mass is 9.99. The smallest absolute Gasteiger partial charge is 0.306 e. The largest absolute Gasteiger partial charge is 0.462 e. The monoisotopic (exact) mass is 723 g/mol. The first-order chi connectivity index (χ1) is 24.8. The zero-order chi connectivity index (χ0) is 37.6. The van der Waals surface area contributed by atoms with E-state index in [0.717, 1.165) is 76.0 Å². The topological polar surface area (TPSA) is 78.9 Å². The van der Waals surface area contributed by atoms with E-state index in [-0.39, 0.29) is 31.1 Å². The van der Waals surface area contributed by atoms with Crippen molar-refractivity contribution in [2.75, 3.05) is 13.2 Å². The number of unbranched alkanes of at least 4 members (excludes halogenated alkanes) is 23. The average Bonchev–Trinajstić information content (AvgIpc) is 3.11. The molecule has 0 aromatic carbocycles.